The van der Waals surface area contributed by atoms with E-state index in [0.717, 1.165) is 23.3 Å². The molecule has 5 heteroatoms. The molecule has 1 aliphatic carbocycles. The maximum atomic E-state index is 11.6. The van der Waals surface area contributed by atoms with Crippen LogP contribution < -0.4 is 0 Å². The molecule has 0 saturated heterocycles. The van der Waals surface area contributed by atoms with Gasteiger partial charge in [-0.1, -0.05) is 12.2 Å². The predicted molar refractivity (Wildman–Crippen MR) is 80.2 cm³/mol. The number of hydrogen-bond donors (Lipinski definition) is 1. The van der Waals surface area contributed by atoms with Crippen LogP contribution in [0.5, 0.6) is 0 Å². The second-order valence-corrected chi connectivity index (χ2v) is 5.79. The second-order valence-electron chi connectivity index (χ2n) is 5.79. The maximum absolute atomic E-state index is 11.6. The van der Waals surface area contributed by atoms with Crippen molar-refractivity contribution in [3.63, 3.8) is 0 Å². The summed E-state index contributed by atoms with van der Waals surface area (Å²) in [6, 6.07) is 2.17. The number of aromatic nitrogens is 3. The zero-order chi connectivity index (χ0) is 15.0. The van der Waals surface area contributed by atoms with Crippen molar-refractivity contribution in [2.24, 2.45) is 5.92 Å². The van der Waals surface area contributed by atoms with Crippen molar-refractivity contribution < 1.29 is 9.90 Å². The van der Waals surface area contributed by atoms with Crippen molar-refractivity contribution in [3.8, 4) is 0 Å². The molecule has 110 valence electrons. The van der Waals surface area contributed by atoms with Crippen LogP contribution in [0, 0.1) is 5.92 Å². The molecular formula is C16H19N3O2. The monoisotopic (exact) mass is 285 g/mol. The Morgan fingerprint density at radius 1 is 1.38 bits per heavy atom. The van der Waals surface area contributed by atoms with Gasteiger partial charge in [-0.05, 0) is 32.8 Å². The zero-order valence-electron chi connectivity index (χ0n) is 12.2. The molecule has 0 bridgehead atoms. The summed E-state index contributed by atoms with van der Waals surface area (Å²) >= 11 is 0. The van der Waals surface area contributed by atoms with Gasteiger partial charge in [-0.25, -0.2) is 4.98 Å². The quantitative estimate of drug-likeness (QED) is 0.880. The van der Waals surface area contributed by atoms with Crippen molar-refractivity contribution in [1.82, 2.24) is 14.5 Å². The van der Waals surface area contributed by atoms with E-state index in [9.17, 15) is 9.90 Å². The summed E-state index contributed by atoms with van der Waals surface area (Å²) in [5.41, 5.74) is 1.86. The fraction of sp³-hybridized carbons (Fsp3) is 0.438. The number of nitrogens with zero attached hydrogens (tertiary/aromatic N) is 3. The van der Waals surface area contributed by atoms with Crippen molar-refractivity contribution in [1.29, 1.82) is 0 Å². The summed E-state index contributed by atoms with van der Waals surface area (Å²) in [4.78, 5) is 20.4. The molecule has 2 aromatic rings. The Morgan fingerprint density at radius 3 is 2.86 bits per heavy atom. The van der Waals surface area contributed by atoms with Gasteiger partial charge in [-0.3, -0.25) is 9.78 Å². The van der Waals surface area contributed by atoms with E-state index in [2.05, 4.69) is 29.5 Å². The standard InChI is InChI=1S/C16H19N3O2/c1-10(2)19-14-7-8-17-9-13(14)18-15(19)11-5-3-4-6-12(11)16(20)21/h3-4,7-12H,5-6H2,1-2H3,(H,20,21). The van der Waals surface area contributed by atoms with Crippen molar-refractivity contribution in [3.05, 3.63) is 36.4 Å². The number of carboxylic acids is 1. The first kappa shape index (κ1) is 13.8. The van der Waals surface area contributed by atoms with Gasteiger partial charge in [-0.2, -0.15) is 0 Å². The summed E-state index contributed by atoms with van der Waals surface area (Å²) in [5.74, 6) is -0.367. The van der Waals surface area contributed by atoms with Crippen molar-refractivity contribution >= 4 is 17.0 Å². The summed E-state index contributed by atoms with van der Waals surface area (Å²) in [7, 11) is 0. The molecule has 0 fully saturated rings. The van der Waals surface area contributed by atoms with Gasteiger partial charge in [0.15, 0.2) is 0 Å². The minimum atomic E-state index is -0.746. The number of imidazole rings is 1. The molecule has 0 aliphatic heterocycles. The summed E-state index contributed by atoms with van der Waals surface area (Å²) in [6.45, 7) is 4.19. The summed E-state index contributed by atoms with van der Waals surface area (Å²) < 4.78 is 2.15. The highest BCUT2D eigenvalue weighted by atomic mass is 16.4. The van der Waals surface area contributed by atoms with Gasteiger partial charge in [0.2, 0.25) is 0 Å². The minimum Gasteiger partial charge on any atom is -0.481 e. The molecule has 0 amide bonds. The molecule has 3 rings (SSSR count). The Balaban J connectivity index is 2.16. The van der Waals surface area contributed by atoms with E-state index in [1.165, 1.54) is 0 Å². The van der Waals surface area contributed by atoms with Gasteiger partial charge in [0.25, 0.3) is 0 Å². The Bertz CT molecular complexity index is 703. The lowest BCUT2D eigenvalue weighted by molar-refractivity contribution is -0.142. The van der Waals surface area contributed by atoms with Crippen LogP contribution in [-0.4, -0.2) is 25.6 Å². The number of carbonyl (C=O) groups is 1. The van der Waals surface area contributed by atoms with E-state index in [0.29, 0.717) is 6.42 Å². The Labute approximate surface area is 123 Å². The Hall–Kier alpha value is -2.17. The van der Waals surface area contributed by atoms with E-state index < -0.39 is 11.9 Å². The molecule has 1 N–H and O–H groups in total. The minimum absolute atomic E-state index is 0.0812. The van der Waals surface area contributed by atoms with E-state index in [4.69, 9.17) is 4.98 Å². The van der Waals surface area contributed by atoms with E-state index in [1.54, 1.807) is 12.4 Å². The molecule has 5 nitrogen and oxygen atoms in total. The molecule has 2 unspecified atom stereocenters. The molecule has 2 heterocycles. The first-order chi connectivity index (χ1) is 10.1. The fourth-order valence-electron chi connectivity index (χ4n) is 3.15. The summed E-state index contributed by atoms with van der Waals surface area (Å²) in [5, 5.41) is 9.49. The zero-order valence-corrected chi connectivity index (χ0v) is 12.2. The molecule has 2 aromatic heterocycles. The van der Waals surface area contributed by atoms with Gasteiger partial charge in [0, 0.05) is 18.2 Å². The molecule has 0 radical (unpaired) electrons. The highest BCUT2D eigenvalue weighted by molar-refractivity contribution is 5.76. The first-order valence-electron chi connectivity index (χ1n) is 7.29. The predicted octanol–water partition coefficient (Wildman–Crippen LogP) is 3.15. The lowest BCUT2D eigenvalue weighted by Gasteiger charge is -2.26. The second kappa shape index (κ2) is 5.31. The van der Waals surface area contributed by atoms with Gasteiger partial charge in [0.05, 0.1) is 17.6 Å². The highest BCUT2D eigenvalue weighted by Gasteiger charge is 2.34. The number of allylic oxidation sites excluding steroid dienone is 2. The molecule has 1 aliphatic rings. The lowest BCUT2D eigenvalue weighted by atomic mass is 9.82. The smallest absolute Gasteiger partial charge is 0.307 e. The molecule has 0 aromatic carbocycles. The Kier molecular flexibility index (Phi) is 3.49. The molecular weight excluding hydrogens is 266 g/mol. The lowest BCUT2D eigenvalue weighted by Crippen LogP contribution is -2.26. The SMILES string of the molecule is CC(C)n1c(C2CC=CCC2C(=O)O)nc2cnccc21. The summed E-state index contributed by atoms with van der Waals surface area (Å²) in [6.07, 6.45) is 8.81. The van der Waals surface area contributed by atoms with Gasteiger partial charge >= 0.3 is 5.97 Å². The topological polar surface area (TPSA) is 68.0 Å². The number of aliphatic carboxylic acids is 1. The van der Waals surface area contributed by atoms with Crippen LogP contribution in [0.3, 0.4) is 0 Å². The van der Waals surface area contributed by atoms with E-state index in [-0.39, 0.29) is 12.0 Å². The Morgan fingerprint density at radius 2 is 2.14 bits per heavy atom. The highest BCUT2D eigenvalue weighted by Crippen LogP contribution is 2.37. The van der Waals surface area contributed by atoms with Gasteiger partial charge < -0.3 is 9.67 Å². The molecule has 0 saturated carbocycles. The number of hydrogen-bond acceptors (Lipinski definition) is 3. The number of pyridine rings is 1. The maximum Gasteiger partial charge on any atom is 0.307 e. The normalized spacial score (nSPS) is 22.0. The van der Waals surface area contributed by atoms with Crippen LogP contribution >= 0.6 is 0 Å². The average molecular weight is 285 g/mol. The molecule has 2 atom stereocenters. The van der Waals surface area contributed by atoms with Crippen LogP contribution in [0.1, 0.15) is 44.5 Å². The van der Waals surface area contributed by atoms with Crippen molar-refractivity contribution in [2.75, 3.05) is 0 Å². The van der Waals surface area contributed by atoms with Gasteiger partial charge in [-0.15, -0.1) is 0 Å². The van der Waals surface area contributed by atoms with E-state index in [1.807, 2.05) is 12.1 Å². The number of carboxylic acid groups (broad SMARTS) is 1. The van der Waals surface area contributed by atoms with Crippen LogP contribution in [0.2, 0.25) is 0 Å². The van der Waals surface area contributed by atoms with Gasteiger partial charge in [0.1, 0.15) is 11.3 Å². The molecule has 21 heavy (non-hydrogen) atoms. The number of fused-ring (bicyclic) bond motifs is 1. The van der Waals surface area contributed by atoms with Crippen LogP contribution in [0.15, 0.2) is 30.6 Å². The van der Waals surface area contributed by atoms with Crippen molar-refractivity contribution in [2.45, 2.75) is 38.6 Å². The van der Waals surface area contributed by atoms with E-state index >= 15 is 0 Å². The largest absolute Gasteiger partial charge is 0.481 e. The molecule has 0 spiro atoms. The van der Waals surface area contributed by atoms with Crippen LogP contribution in [-0.2, 0) is 4.79 Å². The van der Waals surface area contributed by atoms with Crippen LogP contribution in [0.25, 0.3) is 11.0 Å². The third-order valence-electron chi connectivity index (χ3n) is 4.12. The van der Waals surface area contributed by atoms with Crippen LogP contribution in [0.4, 0.5) is 0 Å². The number of rotatable bonds is 3. The fourth-order valence-corrected chi connectivity index (χ4v) is 3.15. The third kappa shape index (κ3) is 2.33. The average Bonchev–Trinajstić information content (AvgIpc) is 2.86. The third-order valence-corrected chi connectivity index (χ3v) is 4.12. The first-order valence-corrected chi connectivity index (χ1v) is 7.29.